The molecule has 1 aromatic heterocycles. The van der Waals surface area contributed by atoms with Gasteiger partial charge in [-0.2, -0.15) is 4.39 Å². The van der Waals surface area contributed by atoms with E-state index in [0.717, 1.165) is 18.2 Å². The Morgan fingerprint density at radius 1 is 0.919 bits per heavy atom. The molecule has 0 aliphatic heterocycles. The molecule has 0 atom stereocenters. The fourth-order valence-corrected chi connectivity index (χ4v) is 4.43. The molecule has 4 rings (SSSR count). The van der Waals surface area contributed by atoms with E-state index in [0.29, 0.717) is 28.4 Å². The molecule has 3 aromatic carbocycles. The van der Waals surface area contributed by atoms with E-state index in [2.05, 4.69) is 10.3 Å². The minimum atomic E-state index is -3.34. The molecule has 6 nitrogen and oxygen atoms in total. The Morgan fingerprint density at radius 2 is 1.62 bits per heavy atom. The number of ether oxygens (including phenoxy) is 1. The average molecular weight is 527 g/mol. The summed E-state index contributed by atoms with van der Waals surface area (Å²) < 4.78 is 70.4. The molecule has 1 heterocycles. The molecule has 0 spiro atoms. The lowest BCUT2D eigenvalue weighted by Crippen LogP contribution is -2.14. The first-order valence-corrected chi connectivity index (χ1v) is 12.8. The summed E-state index contributed by atoms with van der Waals surface area (Å²) in [5, 5.41) is 2.72. The van der Waals surface area contributed by atoms with E-state index in [1.807, 2.05) is 0 Å². The summed E-state index contributed by atoms with van der Waals surface area (Å²) >= 11 is 0. The Kier molecular flexibility index (Phi) is 7.58. The molecule has 37 heavy (non-hydrogen) atoms. The van der Waals surface area contributed by atoms with Crippen LogP contribution in [-0.4, -0.2) is 25.1 Å². The van der Waals surface area contributed by atoms with Crippen molar-refractivity contribution in [3.63, 3.8) is 0 Å². The Bertz CT molecular complexity index is 1520. The van der Waals surface area contributed by atoms with Gasteiger partial charge in [0.1, 0.15) is 23.1 Å². The van der Waals surface area contributed by atoms with Crippen LogP contribution >= 0.6 is 0 Å². The average Bonchev–Trinajstić information content (AvgIpc) is 2.84. The van der Waals surface area contributed by atoms with Gasteiger partial charge in [0.05, 0.1) is 17.1 Å². The summed E-state index contributed by atoms with van der Waals surface area (Å²) in [5.41, 5.74) is 1.87. The van der Waals surface area contributed by atoms with E-state index >= 15 is 0 Å². The highest BCUT2D eigenvalue weighted by Gasteiger charge is 2.14. The highest BCUT2D eigenvalue weighted by Crippen LogP contribution is 2.36. The minimum absolute atomic E-state index is 0.0243. The Morgan fingerprint density at radius 3 is 2.24 bits per heavy atom. The number of sulfone groups is 1. The number of rotatable bonds is 8. The van der Waals surface area contributed by atoms with Crippen molar-refractivity contribution in [2.75, 3.05) is 11.1 Å². The van der Waals surface area contributed by atoms with Gasteiger partial charge in [0.15, 0.2) is 9.84 Å². The molecule has 0 radical (unpaired) electrons. The number of carbonyl (C=O) groups is 1. The quantitative estimate of drug-likeness (QED) is 0.288. The molecular formula is C27H21F3N2O4S. The van der Waals surface area contributed by atoms with Gasteiger partial charge in [-0.05, 0) is 42.0 Å². The molecule has 0 aliphatic rings. The van der Waals surface area contributed by atoms with Crippen LogP contribution in [0.25, 0.3) is 11.1 Å². The van der Waals surface area contributed by atoms with Crippen molar-refractivity contribution in [1.29, 1.82) is 0 Å². The maximum Gasteiger partial charge on any atom is 0.228 e. The van der Waals surface area contributed by atoms with E-state index in [-0.39, 0.29) is 34.5 Å². The van der Waals surface area contributed by atoms with Crippen molar-refractivity contribution >= 4 is 21.4 Å². The first-order chi connectivity index (χ1) is 17.6. The number of pyridine rings is 1. The zero-order chi connectivity index (χ0) is 26.6. The standard InChI is InChI=1S/C27H21F3N2O4S/c1-2-37(34,35)23-7-3-17(4-8-23)11-27(33)32-21-6-9-24(18-5-10-26(30)31-16-18)25(15-21)36-22-13-19(28)12-20(29)14-22/h3-10,12-16H,2,11H2,1H3,(H,32,33). The van der Waals surface area contributed by atoms with Crippen LogP contribution in [0.4, 0.5) is 18.9 Å². The predicted octanol–water partition coefficient (Wildman–Crippen LogP) is 5.93. The summed E-state index contributed by atoms with van der Waals surface area (Å²) in [6, 6.07) is 16.0. The van der Waals surface area contributed by atoms with Crippen LogP contribution in [-0.2, 0) is 21.1 Å². The number of anilines is 1. The maximum absolute atomic E-state index is 13.7. The van der Waals surface area contributed by atoms with Gasteiger partial charge >= 0.3 is 0 Å². The first-order valence-electron chi connectivity index (χ1n) is 11.1. The van der Waals surface area contributed by atoms with E-state index in [1.165, 1.54) is 30.5 Å². The van der Waals surface area contributed by atoms with Crippen LogP contribution in [0.5, 0.6) is 11.5 Å². The monoisotopic (exact) mass is 526 g/mol. The second kappa shape index (κ2) is 10.8. The number of aromatic nitrogens is 1. The molecular weight excluding hydrogens is 505 g/mol. The molecule has 0 fully saturated rings. The van der Waals surface area contributed by atoms with Crippen molar-refractivity contribution < 1.29 is 31.1 Å². The molecule has 0 aliphatic carbocycles. The van der Waals surface area contributed by atoms with Crippen molar-refractivity contribution in [3.05, 3.63) is 102 Å². The third-order valence-corrected chi connectivity index (χ3v) is 7.15. The fourth-order valence-electron chi connectivity index (χ4n) is 3.54. The summed E-state index contributed by atoms with van der Waals surface area (Å²) in [5.74, 6) is -2.72. The molecule has 4 aromatic rings. The molecule has 0 saturated carbocycles. The zero-order valence-electron chi connectivity index (χ0n) is 19.5. The summed E-state index contributed by atoms with van der Waals surface area (Å²) in [7, 11) is -3.34. The van der Waals surface area contributed by atoms with Gasteiger partial charge in [-0.1, -0.05) is 19.1 Å². The minimum Gasteiger partial charge on any atom is -0.456 e. The Labute approximate surface area is 211 Å². The van der Waals surface area contributed by atoms with E-state index in [9.17, 15) is 26.4 Å². The van der Waals surface area contributed by atoms with Crippen LogP contribution in [0.15, 0.2) is 83.9 Å². The van der Waals surface area contributed by atoms with Gasteiger partial charge in [-0.3, -0.25) is 4.79 Å². The van der Waals surface area contributed by atoms with Crippen LogP contribution in [0, 0.1) is 17.6 Å². The van der Waals surface area contributed by atoms with Crippen molar-refractivity contribution in [1.82, 2.24) is 4.98 Å². The largest absolute Gasteiger partial charge is 0.456 e. The summed E-state index contributed by atoms with van der Waals surface area (Å²) in [6.07, 6.45) is 1.26. The number of hydrogen-bond acceptors (Lipinski definition) is 5. The van der Waals surface area contributed by atoms with Crippen LogP contribution in [0.1, 0.15) is 12.5 Å². The molecule has 190 valence electrons. The van der Waals surface area contributed by atoms with Gasteiger partial charge in [0.25, 0.3) is 0 Å². The predicted molar refractivity (Wildman–Crippen MR) is 133 cm³/mol. The number of benzene rings is 3. The number of nitrogens with zero attached hydrogens (tertiary/aromatic N) is 1. The number of halogens is 3. The van der Waals surface area contributed by atoms with Gasteiger partial charge in [0.2, 0.25) is 11.9 Å². The van der Waals surface area contributed by atoms with Crippen molar-refractivity contribution in [2.45, 2.75) is 18.2 Å². The van der Waals surface area contributed by atoms with Gasteiger partial charge in [-0.15, -0.1) is 0 Å². The maximum atomic E-state index is 13.7. The van der Waals surface area contributed by atoms with Crippen LogP contribution < -0.4 is 10.1 Å². The van der Waals surface area contributed by atoms with Crippen LogP contribution in [0.2, 0.25) is 0 Å². The summed E-state index contributed by atoms with van der Waals surface area (Å²) in [6.45, 7) is 1.55. The molecule has 0 unspecified atom stereocenters. The highest BCUT2D eigenvalue weighted by atomic mass is 32.2. The lowest BCUT2D eigenvalue weighted by molar-refractivity contribution is -0.115. The van der Waals surface area contributed by atoms with E-state index in [1.54, 1.807) is 31.2 Å². The van der Waals surface area contributed by atoms with Gasteiger partial charge in [-0.25, -0.2) is 22.2 Å². The second-order valence-corrected chi connectivity index (χ2v) is 10.3. The molecule has 1 N–H and O–H groups in total. The van der Waals surface area contributed by atoms with Crippen molar-refractivity contribution in [2.24, 2.45) is 0 Å². The lowest BCUT2D eigenvalue weighted by atomic mass is 10.1. The highest BCUT2D eigenvalue weighted by molar-refractivity contribution is 7.91. The molecule has 1 amide bonds. The van der Waals surface area contributed by atoms with Crippen LogP contribution in [0.3, 0.4) is 0 Å². The number of nitrogens with one attached hydrogen (secondary N) is 1. The Hall–Kier alpha value is -4.18. The third kappa shape index (κ3) is 6.53. The molecule has 0 saturated heterocycles. The fraction of sp³-hybridized carbons (Fsp3) is 0.111. The number of hydrogen-bond donors (Lipinski definition) is 1. The topological polar surface area (TPSA) is 85.4 Å². The normalized spacial score (nSPS) is 11.2. The number of amides is 1. The molecule has 10 heteroatoms. The van der Waals surface area contributed by atoms with Gasteiger partial charge < -0.3 is 10.1 Å². The SMILES string of the molecule is CCS(=O)(=O)c1ccc(CC(=O)Nc2ccc(-c3ccc(F)nc3)c(Oc3cc(F)cc(F)c3)c2)cc1. The Balaban J connectivity index is 1.58. The van der Waals surface area contributed by atoms with E-state index < -0.39 is 27.4 Å². The van der Waals surface area contributed by atoms with E-state index in [4.69, 9.17) is 4.74 Å². The zero-order valence-corrected chi connectivity index (χ0v) is 20.4. The smallest absolute Gasteiger partial charge is 0.228 e. The molecule has 0 bridgehead atoms. The third-order valence-electron chi connectivity index (χ3n) is 5.39. The first kappa shape index (κ1) is 25.9. The second-order valence-electron chi connectivity index (χ2n) is 8.06. The van der Waals surface area contributed by atoms with Crippen molar-refractivity contribution in [3.8, 4) is 22.6 Å². The summed E-state index contributed by atoms with van der Waals surface area (Å²) in [4.78, 5) is 16.5. The lowest BCUT2D eigenvalue weighted by Gasteiger charge is -2.14. The van der Waals surface area contributed by atoms with Gasteiger partial charge in [0, 0.05) is 47.3 Å². The number of carbonyl (C=O) groups excluding carboxylic acids is 1.